The SMILES string of the molecule is COc1cccc(CN=C(N)N)c1.O=S(=O)([O-])O. The molecule has 102 valence electrons. The molecule has 1 aromatic carbocycles. The van der Waals surface area contributed by atoms with Gasteiger partial charge in [-0.1, -0.05) is 12.1 Å². The van der Waals surface area contributed by atoms with Crippen LogP contribution in [-0.2, 0) is 16.9 Å². The summed E-state index contributed by atoms with van der Waals surface area (Å²) in [6.45, 7) is 0.486. The summed E-state index contributed by atoms with van der Waals surface area (Å²) in [6, 6.07) is 7.61. The van der Waals surface area contributed by atoms with Crippen molar-refractivity contribution in [3.05, 3.63) is 29.8 Å². The zero-order valence-corrected chi connectivity index (χ0v) is 10.4. The van der Waals surface area contributed by atoms with Gasteiger partial charge in [0, 0.05) is 0 Å². The Morgan fingerprint density at radius 1 is 1.50 bits per heavy atom. The van der Waals surface area contributed by atoms with E-state index in [1.165, 1.54) is 0 Å². The van der Waals surface area contributed by atoms with Gasteiger partial charge in [-0.05, 0) is 17.7 Å². The molecular weight excluding hydrogens is 262 g/mol. The van der Waals surface area contributed by atoms with Gasteiger partial charge in [-0.25, -0.2) is 13.4 Å². The molecule has 0 spiro atoms. The molecule has 0 aliphatic heterocycles. The van der Waals surface area contributed by atoms with Crippen LogP contribution in [0.5, 0.6) is 5.75 Å². The molecule has 0 saturated heterocycles. The van der Waals surface area contributed by atoms with Gasteiger partial charge in [0.25, 0.3) is 0 Å². The summed E-state index contributed by atoms with van der Waals surface area (Å²) >= 11 is 0. The summed E-state index contributed by atoms with van der Waals surface area (Å²) in [5.41, 5.74) is 11.4. The van der Waals surface area contributed by atoms with Crippen molar-refractivity contribution in [3.63, 3.8) is 0 Å². The maximum absolute atomic E-state index is 8.63. The lowest BCUT2D eigenvalue weighted by molar-refractivity contribution is 0.366. The van der Waals surface area contributed by atoms with Crippen LogP contribution in [0.2, 0.25) is 0 Å². The first kappa shape index (κ1) is 16.2. The van der Waals surface area contributed by atoms with Crippen LogP contribution >= 0.6 is 0 Å². The maximum Gasteiger partial charge on any atom is 0.215 e. The fourth-order valence-corrected chi connectivity index (χ4v) is 0.953. The van der Waals surface area contributed by atoms with E-state index in [1.54, 1.807) is 7.11 Å². The minimum absolute atomic E-state index is 0.0998. The summed E-state index contributed by atoms with van der Waals surface area (Å²) in [7, 11) is -3.29. The van der Waals surface area contributed by atoms with Crippen LogP contribution in [0.25, 0.3) is 0 Å². The van der Waals surface area contributed by atoms with Crippen molar-refractivity contribution >= 4 is 16.4 Å². The number of nitrogens with two attached hydrogens (primary N) is 2. The van der Waals surface area contributed by atoms with Gasteiger partial charge in [-0.2, -0.15) is 0 Å². The van der Waals surface area contributed by atoms with Crippen molar-refractivity contribution in [2.24, 2.45) is 16.5 Å². The van der Waals surface area contributed by atoms with E-state index in [4.69, 9.17) is 33.7 Å². The number of hydrogen-bond donors (Lipinski definition) is 3. The van der Waals surface area contributed by atoms with Gasteiger partial charge in [0.1, 0.15) is 5.75 Å². The van der Waals surface area contributed by atoms with E-state index in [0.29, 0.717) is 6.54 Å². The monoisotopic (exact) mass is 276 g/mol. The Morgan fingerprint density at radius 3 is 2.50 bits per heavy atom. The van der Waals surface area contributed by atoms with Crippen LogP contribution in [0, 0.1) is 0 Å². The molecule has 0 radical (unpaired) electrons. The molecule has 1 aromatic rings. The number of hydrogen-bond acceptors (Lipinski definition) is 5. The number of nitrogens with zero attached hydrogens (tertiary/aromatic N) is 1. The Labute approximate surface area is 105 Å². The van der Waals surface area contributed by atoms with E-state index in [1.807, 2.05) is 24.3 Å². The maximum atomic E-state index is 8.63. The quantitative estimate of drug-likeness (QED) is 0.290. The van der Waals surface area contributed by atoms with Crippen LogP contribution in [0.1, 0.15) is 5.56 Å². The van der Waals surface area contributed by atoms with Crippen LogP contribution in [0.15, 0.2) is 29.3 Å². The average molecular weight is 276 g/mol. The fraction of sp³-hybridized carbons (Fsp3) is 0.222. The Morgan fingerprint density at radius 2 is 2.06 bits per heavy atom. The number of ether oxygens (including phenoxy) is 1. The van der Waals surface area contributed by atoms with E-state index >= 15 is 0 Å². The van der Waals surface area contributed by atoms with Crippen LogP contribution in [-0.4, -0.2) is 30.6 Å². The third kappa shape index (κ3) is 10.7. The van der Waals surface area contributed by atoms with Crippen molar-refractivity contribution in [2.45, 2.75) is 6.54 Å². The van der Waals surface area contributed by atoms with Gasteiger partial charge in [0.05, 0.1) is 13.7 Å². The molecular formula is C9H14N3O5S-. The highest BCUT2D eigenvalue weighted by atomic mass is 32.3. The molecule has 0 saturated carbocycles. The number of aliphatic imine (C=N–C) groups is 1. The summed E-state index contributed by atoms with van der Waals surface area (Å²) in [5.74, 6) is 0.908. The first-order valence-corrected chi connectivity index (χ1v) is 5.95. The van der Waals surface area contributed by atoms with Crippen LogP contribution in [0.4, 0.5) is 0 Å². The lowest BCUT2D eigenvalue weighted by atomic mass is 10.2. The van der Waals surface area contributed by atoms with Crippen molar-refractivity contribution in [1.82, 2.24) is 0 Å². The molecule has 0 fully saturated rings. The van der Waals surface area contributed by atoms with E-state index < -0.39 is 10.4 Å². The highest BCUT2D eigenvalue weighted by Gasteiger charge is 1.93. The third-order valence-corrected chi connectivity index (χ3v) is 1.58. The second kappa shape index (κ2) is 7.48. The topological polar surface area (TPSA) is 151 Å². The Balaban J connectivity index is 0.000000494. The minimum Gasteiger partial charge on any atom is -0.726 e. The van der Waals surface area contributed by atoms with Crippen molar-refractivity contribution in [2.75, 3.05) is 7.11 Å². The first-order valence-electron chi connectivity index (χ1n) is 4.59. The molecule has 0 aromatic heterocycles. The Kier molecular flexibility index (Phi) is 6.71. The summed E-state index contributed by atoms with van der Waals surface area (Å²) < 4.78 is 37.9. The summed E-state index contributed by atoms with van der Waals surface area (Å²) in [4.78, 5) is 3.89. The number of guanidine groups is 1. The smallest absolute Gasteiger partial charge is 0.215 e. The van der Waals surface area contributed by atoms with Gasteiger partial charge in [0.15, 0.2) is 5.96 Å². The average Bonchev–Trinajstić information content (AvgIpc) is 2.24. The second-order valence-corrected chi connectivity index (χ2v) is 3.88. The molecule has 0 bridgehead atoms. The standard InChI is InChI=1S/C9H13N3O.H2O4S/c1-13-8-4-2-3-7(5-8)6-12-9(10)11;1-5(2,3)4/h2-5H,6H2,1H3,(H4,10,11,12);(H2,1,2,3,4)/p-1. The molecule has 1 rings (SSSR count). The molecule has 8 nitrogen and oxygen atoms in total. The van der Waals surface area contributed by atoms with Gasteiger partial charge < -0.3 is 20.8 Å². The van der Waals surface area contributed by atoms with E-state index in [2.05, 4.69) is 4.99 Å². The Bertz CT molecular complexity index is 489. The zero-order chi connectivity index (χ0) is 14.2. The highest BCUT2D eigenvalue weighted by Crippen LogP contribution is 2.12. The molecule has 0 aliphatic rings. The van der Waals surface area contributed by atoms with Gasteiger partial charge in [0.2, 0.25) is 10.4 Å². The molecule has 0 unspecified atom stereocenters. The van der Waals surface area contributed by atoms with Gasteiger partial charge >= 0.3 is 0 Å². The molecule has 0 aliphatic carbocycles. The zero-order valence-electron chi connectivity index (χ0n) is 9.61. The highest BCUT2D eigenvalue weighted by molar-refractivity contribution is 7.79. The molecule has 0 atom stereocenters. The largest absolute Gasteiger partial charge is 0.726 e. The second-order valence-electron chi connectivity index (χ2n) is 3.02. The predicted octanol–water partition coefficient (Wildman–Crippen LogP) is -0.527. The van der Waals surface area contributed by atoms with E-state index in [0.717, 1.165) is 11.3 Å². The number of benzene rings is 1. The van der Waals surface area contributed by atoms with Gasteiger partial charge in [-0.3, -0.25) is 4.55 Å². The predicted molar refractivity (Wildman–Crippen MR) is 64.8 cm³/mol. The molecule has 0 amide bonds. The van der Waals surface area contributed by atoms with Crippen molar-refractivity contribution in [1.29, 1.82) is 0 Å². The van der Waals surface area contributed by atoms with Crippen molar-refractivity contribution < 1.29 is 22.3 Å². The lowest BCUT2D eigenvalue weighted by Gasteiger charge is -2.01. The Hall–Kier alpha value is -1.84. The van der Waals surface area contributed by atoms with E-state index in [9.17, 15) is 0 Å². The first-order chi connectivity index (χ1) is 8.22. The van der Waals surface area contributed by atoms with Gasteiger partial charge in [-0.15, -0.1) is 0 Å². The molecule has 5 N–H and O–H groups in total. The molecule has 9 heteroatoms. The number of methoxy groups -OCH3 is 1. The van der Waals surface area contributed by atoms with Crippen LogP contribution in [0.3, 0.4) is 0 Å². The minimum atomic E-state index is -4.92. The third-order valence-electron chi connectivity index (χ3n) is 1.58. The summed E-state index contributed by atoms with van der Waals surface area (Å²) in [6.07, 6.45) is 0. The molecule has 0 heterocycles. The lowest BCUT2D eigenvalue weighted by Crippen LogP contribution is -2.22. The van der Waals surface area contributed by atoms with E-state index in [-0.39, 0.29) is 5.96 Å². The number of rotatable bonds is 3. The normalized spacial score (nSPS) is 9.94. The van der Waals surface area contributed by atoms with Crippen LogP contribution < -0.4 is 16.2 Å². The molecule has 18 heavy (non-hydrogen) atoms. The van der Waals surface area contributed by atoms with Crippen molar-refractivity contribution in [3.8, 4) is 5.75 Å². The fourth-order valence-electron chi connectivity index (χ4n) is 0.953. The summed E-state index contributed by atoms with van der Waals surface area (Å²) in [5, 5.41) is 0.